The summed E-state index contributed by atoms with van der Waals surface area (Å²) in [7, 11) is 0. The highest BCUT2D eigenvalue weighted by atomic mass is 16.5. The Labute approximate surface area is 207 Å². The van der Waals surface area contributed by atoms with Crippen molar-refractivity contribution in [3.63, 3.8) is 0 Å². The number of aromatic nitrogens is 2. The Morgan fingerprint density at radius 2 is 1.40 bits per heavy atom. The maximum absolute atomic E-state index is 10.7. The van der Waals surface area contributed by atoms with Crippen molar-refractivity contribution >= 4 is 5.97 Å². The zero-order valence-electron chi connectivity index (χ0n) is 20.2. The van der Waals surface area contributed by atoms with Gasteiger partial charge in [-0.1, -0.05) is 97.6 Å². The average Bonchev–Trinajstić information content (AvgIpc) is 3.26. The fraction of sp³-hybridized carbons (Fsp3) is 0.267. The van der Waals surface area contributed by atoms with Crippen LogP contribution in [0.4, 0.5) is 0 Å². The van der Waals surface area contributed by atoms with Crippen molar-refractivity contribution in [2.24, 2.45) is 0 Å². The third kappa shape index (κ3) is 6.38. The number of ether oxygens (including phenoxy) is 1. The van der Waals surface area contributed by atoms with Crippen molar-refractivity contribution in [2.75, 3.05) is 6.61 Å². The van der Waals surface area contributed by atoms with E-state index in [4.69, 9.17) is 14.8 Å². The predicted octanol–water partition coefficient (Wildman–Crippen LogP) is 7.32. The molecule has 1 aromatic heterocycles. The number of aryl methyl sites for hydroxylation is 1. The lowest BCUT2D eigenvalue weighted by Gasteiger charge is -2.14. The first kappa shape index (κ1) is 24.3. The number of benzene rings is 3. The third-order valence-electron chi connectivity index (χ3n) is 6.00. The Balaban J connectivity index is 1.63. The molecular formula is C30H32N2O3. The van der Waals surface area contributed by atoms with E-state index in [9.17, 15) is 4.79 Å². The van der Waals surface area contributed by atoms with Gasteiger partial charge in [0.15, 0.2) is 0 Å². The van der Waals surface area contributed by atoms with Crippen molar-refractivity contribution < 1.29 is 14.6 Å². The van der Waals surface area contributed by atoms with Gasteiger partial charge >= 0.3 is 12.0 Å². The van der Waals surface area contributed by atoms with E-state index < -0.39 is 5.97 Å². The van der Waals surface area contributed by atoms with E-state index in [2.05, 4.69) is 60.0 Å². The van der Waals surface area contributed by atoms with Crippen LogP contribution in [0, 0.1) is 6.92 Å². The van der Waals surface area contributed by atoms with E-state index in [1.54, 1.807) is 0 Å². The van der Waals surface area contributed by atoms with Gasteiger partial charge in [-0.2, -0.15) is 4.98 Å². The maximum Gasteiger partial charge on any atom is 0.303 e. The van der Waals surface area contributed by atoms with E-state index in [1.807, 2.05) is 36.4 Å². The summed E-state index contributed by atoms with van der Waals surface area (Å²) in [5.41, 5.74) is 6.22. The Morgan fingerprint density at radius 3 is 2.06 bits per heavy atom. The molecule has 0 aliphatic rings. The summed E-state index contributed by atoms with van der Waals surface area (Å²) in [5.74, 6) is -0.722. The first-order valence-corrected chi connectivity index (χ1v) is 12.3. The number of hydrogen-bond donors (Lipinski definition) is 1. The Hall–Kier alpha value is -3.86. The van der Waals surface area contributed by atoms with Crippen LogP contribution in [-0.2, 0) is 4.79 Å². The number of carboxylic acids is 1. The first-order valence-electron chi connectivity index (χ1n) is 12.3. The molecule has 3 aromatic carbocycles. The van der Waals surface area contributed by atoms with Gasteiger partial charge < -0.3 is 9.84 Å². The van der Waals surface area contributed by atoms with Gasteiger partial charge in [-0.15, -0.1) is 0 Å². The molecule has 0 saturated heterocycles. The van der Waals surface area contributed by atoms with Gasteiger partial charge in [0.05, 0.1) is 18.0 Å². The van der Waals surface area contributed by atoms with Crippen molar-refractivity contribution in [3.8, 4) is 34.2 Å². The minimum Gasteiger partial charge on any atom is -0.481 e. The van der Waals surface area contributed by atoms with Crippen molar-refractivity contribution in [1.29, 1.82) is 0 Å². The van der Waals surface area contributed by atoms with Gasteiger partial charge in [-0.05, 0) is 31.9 Å². The largest absolute Gasteiger partial charge is 0.481 e. The standard InChI is InChI=1S/C30H32N2O3/c1-23-18-20-26(21-19-23)32-29(25-15-9-6-10-16-25)28(24-13-7-5-8-14-24)31-30(32)35-22-12-4-2-3-11-17-27(33)34/h5-10,13-16,18-21H,2-4,11-12,17,22H2,1H3,(H,33,34). The average molecular weight is 469 g/mol. The first-order chi connectivity index (χ1) is 17.1. The lowest BCUT2D eigenvalue weighted by atomic mass is 10.0. The highest BCUT2D eigenvalue weighted by molar-refractivity contribution is 5.81. The number of nitrogens with zero attached hydrogens (tertiary/aromatic N) is 2. The highest BCUT2D eigenvalue weighted by Gasteiger charge is 2.22. The smallest absolute Gasteiger partial charge is 0.303 e. The number of unbranched alkanes of at least 4 members (excludes halogenated alkanes) is 4. The van der Waals surface area contributed by atoms with Gasteiger partial charge in [0.1, 0.15) is 5.69 Å². The van der Waals surface area contributed by atoms with Crippen LogP contribution in [0.5, 0.6) is 6.01 Å². The van der Waals surface area contributed by atoms with Gasteiger partial charge in [0.2, 0.25) is 0 Å². The van der Waals surface area contributed by atoms with E-state index in [0.717, 1.165) is 60.3 Å². The van der Waals surface area contributed by atoms with Crippen LogP contribution in [0.3, 0.4) is 0 Å². The van der Waals surface area contributed by atoms with Crippen LogP contribution in [0.25, 0.3) is 28.2 Å². The lowest BCUT2D eigenvalue weighted by Crippen LogP contribution is -2.05. The Kier molecular flexibility index (Phi) is 8.34. The van der Waals surface area contributed by atoms with E-state index in [0.29, 0.717) is 12.6 Å². The summed E-state index contributed by atoms with van der Waals surface area (Å²) in [5, 5.41) is 8.78. The molecule has 5 nitrogen and oxygen atoms in total. The SMILES string of the molecule is Cc1ccc(-n2c(OCCCCCCCC(=O)O)nc(-c3ccccc3)c2-c2ccccc2)cc1. The number of rotatable bonds is 12. The lowest BCUT2D eigenvalue weighted by molar-refractivity contribution is -0.137. The van der Waals surface area contributed by atoms with E-state index in [-0.39, 0.29) is 6.42 Å². The van der Waals surface area contributed by atoms with Crippen molar-refractivity contribution in [2.45, 2.75) is 45.4 Å². The molecule has 180 valence electrons. The Morgan fingerprint density at radius 1 is 0.800 bits per heavy atom. The van der Waals surface area contributed by atoms with Crippen LogP contribution in [0.1, 0.15) is 44.1 Å². The second kappa shape index (κ2) is 12.0. The zero-order valence-corrected chi connectivity index (χ0v) is 20.2. The molecule has 0 aliphatic carbocycles. The molecule has 0 fully saturated rings. The molecule has 0 atom stereocenters. The molecule has 1 heterocycles. The fourth-order valence-electron chi connectivity index (χ4n) is 4.16. The monoisotopic (exact) mass is 468 g/mol. The molecule has 0 spiro atoms. The number of hydrogen-bond acceptors (Lipinski definition) is 3. The fourth-order valence-corrected chi connectivity index (χ4v) is 4.16. The number of carboxylic acid groups (broad SMARTS) is 1. The summed E-state index contributed by atoms with van der Waals surface area (Å²) in [6, 6.07) is 29.5. The summed E-state index contributed by atoms with van der Waals surface area (Å²) in [6.07, 6.45) is 4.81. The van der Waals surface area contributed by atoms with E-state index in [1.165, 1.54) is 5.56 Å². The molecule has 4 rings (SSSR count). The van der Waals surface area contributed by atoms with Crippen LogP contribution in [0.15, 0.2) is 84.9 Å². The quantitative estimate of drug-likeness (QED) is 0.221. The molecular weight excluding hydrogens is 436 g/mol. The van der Waals surface area contributed by atoms with E-state index >= 15 is 0 Å². The minimum absolute atomic E-state index is 0.245. The third-order valence-corrected chi connectivity index (χ3v) is 6.00. The van der Waals surface area contributed by atoms with Gasteiger partial charge in [-0.25, -0.2) is 0 Å². The molecule has 0 aliphatic heterocycles. The highest BCUT2D eigenvalue weighted by Crippen LogP contribution is 2.38. The molecule has 0 bridgehead atoms. The summed E-state index contributed by atoms with van der Waals surface area (Å²) < 4.78 is 8.40. The molecule has 4 aromatic rings. The van der Waals surface area contributed by atoms with Crippen LogP contribution >= 0.6 is 0 Å². The van der Waals surface area contributed by atoms with Gasteiger partial charge in [0.25, 0.3) is 0 Å². The number of aliphatic carboxylic acids is 1. The van der Waals surface area contributed by atoms with Gasteiger partial charge in [0, 0.05) is 17.5 Å². The molecule has 0 unspecified atom stereocenters. The second-order valence-electron chi connectivity index (χ2n) is 8.75. The molecule has 0 radical (unpaired) electrons. The zero-order chi connectivity index (χ0) is 24.5. The molecule has 0 amide bonds. The second-order valence-corrected chi connectivity index (χ2v) is 8.75. The number of carbonyl (C=O) groups is 1. The van der Waals surface area contributed by atoms with Crippen LogP contribution in [0.2, 0.25) is 0 Å². The van der Waals surface area contributed by atoms with Crippen molar-refractivity contribution in [3.05, 3.63) is 90.5 Å². The van der Waals surface area contributed by atoms with Crippen molar-refractivity contribution in [1.82, 2.24) is 9.55 Å². The van der Waals surface area contributed by atoms with Gasteiger partial charge in [-0.3, -0.25) is 9.36 Å². The molecule has 1 N–H and O–H groups in total. The summed E-state index contributed by atoms with van der Waals surface area (Å²) in [6.45, 7) is 2.64. The molecule has 0 saturated carbocycles. The molecule has 5 heteroatoms. The van der Waals surface area contributed by atoms with Crippen LogP contribution < -0.4 is 4.74 Å². The Bertz CT molecular complexity index is 1220. The topological polar surface area (TPSA) is 64.3 Å². The molecule has 35 heavy (non-hydrogen) atoms. The summed E-state index contributed by atoms with van der Waals surface area (Å²) in [4.78, 5) is 15.7. The predicted molar refractivity (Wildman–Crippen MR) is 140 cm³/mol. The number of imidazole rings is 1. The van der Waals surface area contributed by atoms with Crippen LogP contribution in [-0.4, -0.2) is 27.2 Å². The summed E-state index contributed by atoms with van der Waals surface area (Å²) >= 11 is 0. The normalized spacial score (nSPS) is 10.9. The maximum atomic E-state index is 10.7. The minimum atomic E-state index is -0.722.